The second kappa shape index (κ2) is 49.8. The number of unbranched alkanes of at least 4 members (excludes halogenated alkanes) is 56. The monoisotopic (exact) mass is 1480 g/mol. The number of hydrogen-bond acceptors (Lipinski definition) is 6. The van der Waals surface area contributed by atoms with Crippen LogP contribution in [-0.4, -0.2) is 17.5 Å². The molecule has 542 valence electrons. The smallest absolute Gasteiger partial charge is 0.119 e. The number of aromatic nitrogens is 4. The van der Waals surface area contributed by atoms with Crippen LogP contribution in [0.25, 0.3) is 44.3 Å². The van der Waals surface area contributed by atoms with Crippen molar-refractivity contribution in [1.82, 2.24) is 17.5 Å². The molecule has 7 rings (SSSR count). The van der Waals surface area contributed by atoms with E-state index >= 15 is 0 Å². The van der Waals surface area contributed by atoms with Crippen molar-refractivity contribution in [2.75, 3.05) is 0 Å². The van der Waals surface area contributed by atoms with Crippen molar-refractivity contribution < 1.29 is 0 Å². The first-order chi connectivity index (χ1) is 47.5. The number of fused-ring (bicyclic) bond motifs is 10. The molecule has 5 aromatic rings. The van der Waals surface area contributed by atoms with E-state index in [1.54, 1.807) is 11.1 Å². The molecule has 0 saturated heterocycles. The fourth-order valence-corrected chi connectivity index (χ4v) is 20.1. The molecular weight excluding hydrogens is 1340 g/mol. The van der Waals surface area contributed by atoms with Crippen LogP contribution in [0, 0.1) is 0 Å². The Morgan fingerprint density at radius 1 is 0.229 bits per heavy atom. The summed E-state index contributed by atoms with van der Waals surface area (Å²) in [5.74, 6) is 0. The molecule has 4 nitrogen and oxygen atoms in total. The molecule has 0 amide bonds. The number of nitrogens with zero attached hydrogens (tertiary/aromatic N) is 4. The Morgan fingerprint density at radius 2 is 0.406 bits per heavy atom. The van der Waals surface area contributed by atoms with E-state index in [-0.39, 0.29) is 10.8 Å². The van der Waals surface area contributed by atoms with E-state index in [1.807, 2.05) is 0 Å². The summed E-state index contributed by atoms with van der Waals surface area (Å²) < 4.78 is 23.0. The van der Waals surface area contributed by atoms with E-state index in [0.29, 0.717) is 0 Å². The van der Waals surface area contributed by atoms with Crippen LogP contribution in [0.4, 0.5) is 0 Å². The molecule has 0 spiro atoms. The maximum atomic E-state index is 5.31. The summed E-state index contributed by atoms with van der Waals surface area (Å²) in [5.41, 5.74) is 16.2. The molecular formula is C88H144Br2N4S2. The lowest BCUT2D eigenvalue weighted by Gasteiger charge is -2.35. The van der Waals surface area contributed by atoms with Gasteiger partial charge >= 0.3 is 0 Å². The average molecular weight is 1480 g/mol. The third-order valence-electron chi connectivity index (χ3n) is 23.6. The van der Waals surface area contributed by atoms with Gasteiger partial charge in [0.05, 0.1) is 23.5 Å². The number of rotatable bonds is 64. The van der Waals surface area contributed by atoms with Crippen LogP contribution in [0.1, 0.15) is 461 Å². The summed E-state index contributed by atoms with van der Waals surface area (Å²) in [7, 11) is 0. The van der Waals surface area contributed by atoms with Crippen LogP contribution in [0.3, 0.4) is 0 Å². The molecule has 2 aromatic heterocycles. The van der Waals surface area contributed by atoms with E-state index in [9.17, 15) is 0 Å². The highest BCUT2D eigenvalue weighted by atomic mass is 79.9. The maximum absolute atomic E-state index is 5.31. The van der Waals surface area contributed by atoms with Gasteiger partial charge in [-0.2, -0.15) is 17.5 Å². The molecule has 2 aliphatic rings. The fourth-order valence-electron chi connectivity index (χ4n) is 17.7. The van der Waals surface area contributed by atoms with Gasteiger partial charge in [0.1, 0.15) is 22.1 Å². The van der Waals surface area contributed by atoms with Gasteiger partial charge in [0, 0.05) is 30.9 Å². The number of hydrogen-bond donors (Lipinski definition) is 0. The Morgan fingerprint density at radius 3 is 0.604 bits per heavy atom. The van der Waals surface area contributed by atoms with Crippen molar-refractivity contribution in [2.24, 2.45) is 0 Å². The molecule has 8 heteroatoms. The van der Waals surface area contributed by atoms with Gasteiger partial charge in [-0.05, 0) is 115 Å². The predicted octanol–water partition coefficient (Wildman–Crippen LogP) is 32.8. The second-order valence-corrected chi connectivity index (χ2v) is 34.2. The second-order valence-electron chi connectivity index (χ2n) is 31.4. The lowest BCUT2D eigenvalue weighted by Crippen LogP contribution is -2.27. The lowest BCUT2D eigenvalue weighted by molar-refractivity contribution is 0.393. The van der Waals surface area contributed by atoms with Crippen LogP contribution in [0.5, 0.6) is 0 Å². The molecule has 0 N–H and O–H groups in total. The van der Waals surface area contributed by atoms with Gasteiger partial charge in [-0.1, -0.05) is 413 Å². The third kappa shape index (κ3) is 26.5. The van der Waals surface area contributed by atoms with Crippen LogP contribution in [0.15, 0.2) is 33.2 Å². The topological polar surface area (TPSA) is 51.6 Å². The first-order valence-electron chi connectivity index (χ1n) is 42.6. The maximum Gasteiger partial charge on any atom is 0.119 e. The highest BCUT2D eigenvalue weighted by Crippen LogP contribution is 2.63. The minimum absolute atomic E-state index is 0.0875. The molecule has 0 radical (unpaired) electrons. The fraction of sp³-hybridized carbons (Fsp3) is 0.795. The van der Waals surface area contributed by atoms with Crippen molar-refractivity contribution in [3.63, 3.8) is 0 Å². The van der Waals surface area contributed by atoms with Gasteiger partial charge in [0.2, 0.25) is 0 Å². The van der Waals surface area contributed by atoms with Crippen molar-refractivity contribution in [3.05, 3.63) is 55.5 Å². The number of halogens is 2. The minimum atomic E-state index is -0.0875. The third-order valence-corrected chi connectivity index (χ3v) is 25.8. The van der Waals surface area contributed by atoms with Gasteiger partial charge < -0.3 is 0 Å². The largest absolute Gasteiger partial charge is 0.172 e. The quantitative estimate of drug-likeness (QED) is 0.0364. The summed E-state index contributed by atoms with van der Waals surface area (Å²) in [5, 5.41) is 0. The summed E-state index contributed by atoms with van der Waals surface area (Å²) in [6.07, 6.45) is 88.6. The van der Waals surface area contributed by atoms with Gasteiger partial charge in [0.15, 0.2) is 0 Å². The Kier molecular flexibility index (Phi) is 42.3. The van der Waals surface area contributed by atoms with Gasteiger partial charge in [-0.3, -0.25) is 0 Å². The molecule has 2 aliphatic carbocycles. The lowest BCUT2D eigenvalue weighted by atomic mass is 9.68. The highest BCUT2D eigenvalue weighted by Gasteiger charge is 2.50. The summed E-state index contributed by atoms with van der Waals surface area (Å²) in [6.45, 7) is 9.31. The van der Waals surface area contributed by atoms with Crippen LogP contribution < -0.4 is 0 Å². The van der Waals surface area contributed by atoms with E-state index in [0.717, 1.165) is 31.0 Å². The van der Waals surface area contributed by atoms with E-state index in [1.165, 1.54) is 468 Å². The SMILES string of the molecule is CCCCCCCCCCCCCCCCCC1(CCCCCCCCCCCCCCCCC)c2cc3c(cc2-c2c1cc(Br)c1nsnc21)C(CCCCCCCCCCCCCCCCC)(CCCCCCCCCCCCCCCCC)c1cc(Br)c2nsnc2c1-3. The molecule has 0 atom stereocenters. The number of benzene rings is 3. The molecule has 96 heavy (non-hydrogen) atoms. The van der Waals surface area contributed by atoms with Gasteiger partial charge in [0.25, 0.3) is 0 Å². The molecule has 0 fully saturated rings. The van der Waals surface area contributed by atoms with E-state index in [4.69, 9.17) is 17.5 Å². The Bertz CT molecular complexity index is 2540. The highest BCUT2D eigenvalue weighted by molar-refractivity contribution is 9.11. The summed E-state index contributed by atoms with van der Waals surface area (Å²) in [4.78, 5) is 0. The first kappa shape index (κ1) is 81.6. The first-order valence-corrected chi connectivity index (χ1v) is 45.6. The van der Waals surface area contributed by atoms with E-state index in [2.05, 4.69) is 83.8 Å². The minimum Gasteiger partial charge on any atom is -0.172 e. The zero-order valence-electron chi connectivity index (χ0n) is 62.9. The van der Waals surface area contributed by atoms with Gasteiger partial charge in [-0.15, -0.1) is 0 Å². The molecule has 0 aliphatic heterocycles. The molecule has 0 bridgehead atoms. The molecule has 3 aromatic carbocycles. The van der Waals surface area contributed by atoms with Crippen LogP contribution >= 0.6 is 55.3 Å². The Labute approximate surface area is 617 Å². The predicted molar refractivity (Wildman–Crippen MR) is 434 cm³/mol. The van der Waals surface area contributed by atoms with Crippen LogP contribution in [0.2, 0.25) is 0 Å². The van der Waals surface area contributed by atoms with E-state index < -0.39 is 0 Å². The van der Waals surface area contributed by atoms with Crippen molar-refractivity contribution in [2.45, 2.75) is 449 Å². The normalized spacial score (nSPS) is 13.6. The van der Waals surface area contributed by atoms with Crippen LogP contribution in [-0.2, 0) is 10.8 Å². The summed E-state index contributed by atoms with van der Waals surface area (Å²) in [6, 6.07) is 10.7. The molecule has 0 unspecified atom stereocenters. The Balaban J connectivity index is 1.12. The Hall–Kier alpha value is -1.74. The molecule has 0 saturated carbocycles. The average Bonchev–Trinajstić information content (AvgIpc) is 1.52. The van der Waals surface area contributed by atoms with Crippen molar-refractivity contribution in [1.29, 1.82) is 0 Å². The standard InChI is InChI=1S/C88H144Br2N4S2/c1-5-9-13-17-21-25-29-33-37-41-45-49-53-57-61-65-87(66-62-58-54-50-46-42-38-34-30-26-22-18-14-10-6-2)75-69-74-76(70-73(75)81-77(87)71-79(89)83-85(81)93-95-91-83)88(78-72-80(90)84-86(82(74)78)94-96-92-84,67-63-59-55-51-47-43-39-35-31-27-23-19-15-11-7-3)68-64-60-56-52-48-44-40-36-32-28-24-20-16-12-8-4/h69-72H,5-68H2,1-4H3. The zero-order chi connectivity index (χ0) is 67.4. The molecule has 2 heterocycles. The zero-order valence-corrected chi connectivity index (χ0v) is 67.7. The summed E-state index contributed by atoms with van der Waals surface area (Å²) >= 11 is 11.2. The van der Waals surface area contributed by atoms with Crippen molar-refractivity contribution in [3.8, 4) is 22.3 Å². The van der Waals surface area contributed by atoms with Crippen molar-refractivity contribution >= 4 is 77.4 Å². The van der Waals surface area contributed by atoms with Gasteiger partial charge in [-0.25, -0.2) is 0 Å².